The molecule has 0 spiro atoms. The first-order valence-corrected chi connectivity index (χ1v) is 12.2. The lowest BCUT2D eigenvalue weighted by atomic mass is 9.99. The van der Waals surface area contributed by atoms with Crippen LogP contribution in [0.3, 0.4) is 0 Å². The van der Waals surface area contributed by atoms with Crippen molar-refractivity contribution in [1.29, 1.82) is 0 Å². The predicted octanol–water partition coefficient (Wildman–Crippen LogP) is 5.77. The number of aromatic nitrogens is 2. The number of rotatable bonds is 10. The van der Waals surface area contributed by atoms with E-state index in [-0.39, 0.29) is 12.5 Å². The van der Waals surface area contributed by atoms with Gasteiger partial charge in [0.05, 0.1) is 7.11 Å². The molecular weight excluding hydrogens is 464 g/mol. The minimum Gasteiger partial charge on any atom is -0.496 e. The molecule has 0 aliphatic rings. The van der Waals surface area contributed by atoms with Gasteiger partial charge in [0.2, 0.25) is 5.95 Å². The maximum Gasteiger partial charge on any atom is 0.326 e. The zero-order valence-corrected chi connectivity index (χ0v) is 21.6. The molecule has 3 aromatic carbocycles. The number of carboxylic acid groups (broad SMARTS) is 1. The fraction of sp³-hybridized carbons (Fsp3) is 0.233. The maximum atomic E-state index is 12.3. The molecule has 4 aromatic rings. The Morgan fingerprint density at radius 3 is 2.24 bits per heavy atom. The van der Waals surface area contributed by atoms with E-state index in [0.717, 1.165) is 33.6 Å². The van der Waals surface area contributed by atoms with E-state index >= 15 is 0 Å². The second kappa shape index (κ2) is 11.6. The molecule has 1 heterocycles. The molecule has 190 valence electrons. The molecular formula is C30H32N4O3. The van der Waals surface area contributed by atoms with Gasteiger partial charge >= 0.3 is 5.97 Å². The van der Waals surface area contributed by atoms with E-state index < -0.39 is 12.0 Å². The van der Waals surface area contributed by atoms with Gasteiger partial charge in [-0.15, -0.1) is 0 Å². The van der Waals surface area contributed by atoms with Crippen LogP contribution in [0.25, 0.3) is 22.3 Å². The number of carbonyl (C=O) groups is 1. The van der Waals surface area contributed by atoms with Crippen LogP contribution in [0, 0.1) is 0 Å². The number of methoxy groups -OCH3 is 1. The Balaban J connectivity index is 1.62. The van der Waals surface area contributed by atoms with E-state index in [9.17, 15) is 9.90 Å². The topological polar surface area (TPSA) is 87.6 Å². The molecule has 0 saturated carbocycles. The van der Waals surface area contributed by atoms with Crippen LogP contribution in [-0.4, -0.2) is 47.3 Å². The number of para-hydroxylation sites is 1. The van der Waals surface area contributed by atoms with E-state index in [1.807, 2.05) is 90.8 Å². The van der Waals surface area contributed by atoms with E-state index in [0.29, 0.717) is 11.8 Å². The normalized spacial score (nSPS) is 11.7. The summed E-state index contributed by atoms with van der Waals surface area (Å²) in [7, 11) is 3.57. The summed E-state index contributed by atoms with van der Waals surface area (Å²) in [6, 6.07) is 24.7. The Labute approximate surface area is 217 Å². The van der Waals surface area contributed by atoms with Crippen molar-refractivity contribution in [3.05, 3.63) is 90.6 Å². The van der Waals surface area contributed by atoms with Crippen LogP contribution >= 0.6 is 0 Å². The number of nitrogens with zero attached hydrogens (tertiary/aromatic N) is 3. The third-order valence-electron chi connectivity index (χ3n) is 6.37. The van der Waals surface area contributed by atoms with Crippen molar-refractivity contribution in [1.82, 2.24) is 9.97 Å². The number of hydrogen-bond acceptors (Lipinski definition) is 6. The zero-order valence-electron chi connectivity index (χ0n) is 21.6. The minimum atomic E-state index is -0.954. The van der Waals surface area contributed by atoms with Crippen molar-refractivity contribution in [2.24, 2.45) is 0 Å². The molecule has 7 nitrogen and oxygen atoms in total. The first-order valence-electron chi connectivity index (χ1n) is 12.2. The Kier molecular flexibility index (Phi) is 8.03. The van der Waals surface area contributed by atoms with Crippen molar-refractivity contribution >= 4 is 17.7 Å². The van der Waals surface area contributed by atoms with Gasteiger partial charge in [-0.2, -0.15) is 4.98 Å². The maximum absolute atomic E-state index is 12.3. The molecule has 0 fully saturated rings. The molecule has 4 rings (SSSR count). The van der Waals surface area contributed by atoms with Gasteiger partial charge in [-0.25, -0.2) is 9.78 Å². The zero-order chi connectivity index (χ0) is 26.4. The largest absolute Gasteiger partial charge is 0.496 e. The number of anilines is 2. The average molecular weight is 497 g/mol. The molecule has 1 atom stereocenters. The van der Waals surface area contributed by atoms with Gasteiger partial charge in [0.25, 0.3) is 0 Å². The van der Waals surface area contributed by atoms with Crippen molar-refractivity contribution in [2.45, 2.75) is 32.4 Å². The summed E-state index contributed by atoms with van der Waals surface area (Å²) in [5.41, 5.74) is 4.55. The third kappa shape index (κ3) is 6.06. The van der Waals surface area contributed by atoms with Crippen LogP contribution in [0.1, 0.15) is 19.4 Å². The molecule has 1 aromatic heterocycles. The Morgan fingerprint density at radius 2 is 1.59 bits per heavy atom. The highest BCUT2D eigenvalue weighted by Crippen LogP contribution is 2.31. The molecule has 0 bridgehead atoms. The minimum absolute atomic E-state index is 0.187. The summed E-state index contributed by atoms with van der Waals surface area (Å²) in [4.78, 5) is 23.5. The number of hydrogen-bond donors (Lipinski definition) is 2. The SMILES string of the molecule is COc1ccccc1-c1ccc(C[C@H](Nc2nc(N(C)C(C)C)ncc2-c2ccccc2)C(=O)O)cc1. The summed E-state index contributed by atoms with van der Waals surface area (Å²) in [5.74, 6) is 0.856. The summed E-state index contributed by atoms with van der Waals surface area (Å²) < 4.78 is 5.48. The molecule has 37 heavy (non-hydrogen) atoms. The molecule has 2 N–H and O–H groups in total. The van der Waals surface area contributed by atoms with E-state index in [1.165, 1.54) is 0 Å². The Bertz CT molecular complexity index is 1340. The Hall–Kier alpha value is -4.39. The monoisotopic (exact) mass is 496 g/mol. The second-order valence-corrected chi connectivity index (χ2v) is 9.14. The smallest absolute Gasteiger partial charge is 0.326 e. The highest BCUT2D eigenvalue weighted by Gasteiger charge is 2.22. The predicted molar refractivity (Wildman–Crippen MR) is 148 cm³/mol. The quantitative estimate of drug-likeness (QED) is 0.288. The third-order valence-corrected chi connectivity index (χ3v) is 6.37. The lowest BCUT2D eigenvalue weighted by Gasteiger charge is -2.24. The standard InChI is InChI=1S/C30H32N4O3/c1-20(2)34(3)30-31-19-25(22-10-6-5-7-11-22)28(33-30)32-26(29(35)36)18-21-14-16-23(17-15-21)24-12-8-9-13-27(24)37-4/h5-17,19-20,26H,18H2,1-4H3,(H,35,36)(H,31,32,33)/t26-/m0/s1. The fourth-order valence-electron chi connectivity index (χ4n) is 4.02. The number of aliphatic carboxylic acids is 1. The second-order valence-electron chi connectivity index (χ2n) is 9.14. The van der Waals surface area contributed by atoms with Gasteiger partial charge < -0.3 is 20.1 Å². The van der Waals surface area contributed by atoms with Gasteiger partial charge in [-0.3, -0.25) is 0 Å². The Morgan fingerprint density at radius 1 is 0.946 bits per heavy atom. The van der Waals surface area contributed by atoms with Crippen molar-refractivity contribution < 1.29 is 14.6 Å². The molecule has 0 aliphatic carbocycles. The van der Waals surface area contributed by atoms with Crippen LogP contribution < -0.4 is 15.0 Å². The first kappa shape index (κ1) is 25.7. The summed E-state index contributed by atoms with van der Waals surface area (Å²) in [6.07, 6.45) is 2.04. The fourth-order valence-corrected chi connectivity index (χ4v) is 4.02. The summed E-state index contributed by atoms with van der Waals surface area (Å²) in [5, 5.41) is 13.3. The lowest BCUT2D eigenvalue weighted by molar-refractivity contribution is -0.137. The van der Waals surface area contributed by atoms with Gasteiger partial charge in [-0.1, -0.05) is 72.8 Å². The molecule has 0 aliphatic heterocycles. The highest BCUT2D eigenvalue weighted by atomic mass is 16.5. The van der Waals surface area contributed by atoms with Crippen LogP contribution in [-0.2, 0) is 11.2 Å². The van der Waals surface area contributed by atoms with Gasteiger partial charge in [0.15, 0.2) is 0 Å². The molecule has 0 unspecified atom stereocenters. The van der Waals surface area contributed by atoms with Crippen LogP contribution in [0.5, 0.6) is 5.75 Å². The molecule has 7 heteroatoms. The van der Waals surface area contributed by atoms with E-state index in [2.05, 4.69) is 24.1 Å². The average Bonchev–Trinajstić information content (AvgIpc) is 2.93. The van der Waals surface area contributed by atoms with Gasteiger partial charge in [0, 0.05) is 36.8 Å². The highest BCUT2D eigenvalue weighted by molar-refractivity contribution is 5.82. The number of ether oxygens (including phenoxy) is 1. The van der Waals surface area contributed by atoms with Gasteiger partial charge in [0.1, 0.15) is 17.6 Å². The van der Waals surface area contributed by atoms with Crippen molar-refractivity contribution in [3.63, 3.8) is 0 Å². The van der Waals surface area contributed by atoms with Crippen molar-refractivity contribution in [3.8, 4) is 28.0 Å². The number of nitrogens with one attached hydrogen (secondary N) is 1. The van der Waals surface area contributed by atoms with Crippen LogP contribution in [0.15, 0.2) is 85.1 Å². The number of benzene rings is 3. The van der Waals surface area contributed by atoms with Crippen LogP contribution in [0.4, 0.5) is 11.8 Å². The van der Waals surface area contributed by atoms with Crippen LogP contribution in [0.2, 0.25) is 0 Å². The molecule has 0 saturated heterocycles. The number of carboxylic acids is 1. The van der Waals surface area contributed by atoms with E-state index in [1.54, 1.807) is 13.3 Å². The molecule has 0 amide bonds. The summed E-state index contributed by atoms with van der Waals surface area (Å²) in [6.45, 7) is 4.10. The molecule has 0 radical (unpaired) electrons. The first-order chi connectivity index (χ1) is 17.9. The lowest BCUT2D eigenvalue weighted by Crippen LogP contribution is -2.33. The van der Waals surface area contributed by atoms with Crippen molar-refractivity contribution in [2.75, 3.05) is 24.4 Å². The summed E-state index contributed by atoms with van der Waals surface area (Å²) >= 11 is 0. The van der Waals surface area contributed by atoms with Gasteiger partial charge in [-0.05, 0) is 36.6 Å². The van der Waals surface area contributed by atoms with E-state index in [4.69, 9.17) is 9.72 Å².